The third-order valence-corrected chi connectivity index (χ3v) is 3.49. The van der Waals surface area contributed by atoms with Gasteiger partial charge in [-0.1, -0.05) is 12.5 Å². The van der Waals surface area contributed by atoms with Crippen LogP contribution in [0.1, 0.15) is 36.8 Å². The first kappa shape index (κ1) is 10.7. The number of nitrogens with one attached hydrogen (secondary N) is 1. The van der Waals surface area contributed by atoms with Gasteiger partial charge in [0.1, 0.15) is 5.82 Å². The first-order valence-electron chi connectivity index (χ1n) is 6.29. The van der Waals surface area contributed by atoms with Crippen molar-refractivity contribution in [1.82, 2.24) is 14.7 Å². The Bertz CT molecular complexity index is 511. The van der Waals surface area contributed by atoms with E-state index in [1.807, 2.05) is 12.3 Å². The minimum absolute atomic E-state index is 0.374. The van der Waals surface area contributed by atoms with Crippen molar-refractivity contribution in [3.63, 3.8) is 0 Å². The molecule has 3 heterocycles. The number of hydrogen-bond acceptors (Lipinski definition) is 3. The molecule has 4 heteroatoms. The van der Waals surface area contributed by atoms with Gasteiger partial charge < -0.3 is 11.1 Å². The van der Waals surface area contributed by atoms with E-state index in [1.165, 1.54) is 12.8 Å². The van der Waals surface area contributed by atoms with Crippen molar-refractivity contribution in [1.29, 1.82) is 0 Å². The molecule has 0 aromatic carbocycles. The lowest BCUT2D eigenvalue weighted by molar-refractivity contribution is 0.395. The molecule has 0 saturated carbocycles. The first-order valence-corrected chi connectivity index (χ1v) is 6.29. The topological polar surface area (TPSA) is 55.3 Å². The maximum atomic E-state index is 5.80. The molecule has 2 aromatic heterocycles. The summed E-state index contributed by atoms with van der Waals surface area (Å²) in [4.78, 5) is 4.57. The summed E-state index contributed by atoms with van der Waals surface area (Å²) in [5.41, 5.74) is 8.07. The van der Waals surface area contributed by atoms with Gasteiger partial charge in [0.25, 0.3) is 0 Å². The third kappa shape index (κ3) is 1.83. The lowest BCUT2D eigenvalue weighted by Gasteiger charge is -2.23. The van der Waals surface area contributed by atoms with Gasteiger partial charge in [-0.2, -0.15) is 0 Å². The van der Waals surface area contributed by atoms with Gasteiger partial charge in [0.15, 0.2) is 0 Å². The minimum Gasteiger partial charge on any atom is -0.325 e. The fourth-order valence-corrected chi connectivity index (χ4v) is 2.62. The van der Waals surface area contributed by atoms with Crippen LogP contribution in [0.15, 0.2) is 24.4 Å². The van der Waals surface area contributed by atoms with E-state index in [1.54, 1.807) is 0 Å². The van der Waals surface area contributed by atoms with Crippen molar-refractivity contribution in [2.24, 2.45) is 5.73 Å². The van der Waals surface area contributed by atoms with E-state index in [0.717, 1.165) is 30.0 Å². The van der Waals surface area contributed by atoms with Gasteiger partial charge in [-0.25, -0.2) is 4.98 Å². The molecule has 3 N–H and O–H groups in total. The molecule has 1 atom stereocenters. The zero-order valence-electron chi connectivity index (χ0n) is 9.89. The van der Waals surface area contributed by atoms with Crippen molar-refractivity contribution >= 4 is 5.52 Å². The van der Waals surface area contributed by atoms with Crippen LogP contribution in [-0.4, -0.2) is 15.9 Å². The smallest absolute Gasteiger partial charge is 0.130 e. The molecule has 1 saturated heterocycles. The SMILES string of the molecule is NCc1cccc2cnc(C3CCCCN3)n12. The van der Waals surface area contributed by atoms with E-state index >= 15 is 0 Å². The van der Waals surface area contributed by atoms with Gasteiger partial charge in [0.05, 0.1) is 17.8 Å². The van der Waals surface area contributed by atoms with E-state index in [-0.39, 0.29) is 0 Å². The average molecular weight is 230 g/mol. The number of nitrogens with two attached hydrogens (primary N) is 1. The number of aromatic nitrogens is 2. The molecular weight excluding hydrogens is 212 g/mol. The number of pyridine rings is 1. The predicted octanol–water partition coefficient (Wildman–Crippen LogP) is 1.61. The summed E-state index contributed by atoms with van der Waals surface area (Å²) in [6.07, 6.45) is 5.64. The Kier molecular flexibility index (Phi) is 2.82. The summed E-state index contributed by atoms with van der Waals surface area (Å²) in [5.74, 6) is 1.11. The predicted molar refractivity (Wildman–Crippen MR) is 67.7 cm³/mol. The quantitative estimate of drug-likeness (QED) is 0.824. The summed E-state index contributed by atoms with van der Waals surface area (Å²) in [5, 5.41) is 3.54. The Morgan fingerprint density at radius 3 is 3.12 bits per heavy atom. The Balaban J connectivity index is 2.09. The third-order valence-electron chi connectivity index (χ3n) is 3.49. The van der Waals surface area contributed by atoms with Crippen LogP contribution in [0.25, 0.3) is 5.52 Å². The highest BCUT2D eigenvalue weighted by Crippen LogP contribution is 2.23. The summed E-state index contributed by atoms with van der Waals surface area (Å²) >= 11 is 0. The molecule has 1 fully saturated rings. The van der Waals surface area contributed by atoms with Crippen LogP contribution < -0.4 is 11.1 Å². The minimum atomic E-state index is 0.374. The first-order chi connectivity index (χ1) is 8.40. The molecule has 0 amide bonds. The highest BCUT2D eigenvalue weighted by molar-refractivity contribution is 5.48. The van der Waals surface area contributed by atoms with Crippen LogP contribution in [0, 0.1) is 0 Å². The highest BCUT2D eigenvalue weighted by atomic mass is 15.1. The second kappa shape index (κ2) is 4.47. The molecule has 4 nitrogen and oxygen atoms in total. The molecule has 0 radical (unpaired) electrons. The van der Waals surface area contributed by atoms with Crippen LogP contribution >= 0.6 is 0 Å². The van der Waals surface area contributed by atoms with Crippen LogP contribution in [0.3, 0.4) is 0 Å². The van der Waals surface area contributed by atoms with Gasteiger partial charge in [0, 0.05) is 12.2 Å². The van der Waals surface area contributed by atoms with Crippen molar-refractivity contribution in [2.75, 3.05) is 6.54 Å². The lowest BCUT2D eigenvalue weighted by atomic mass is 10.0. The van der Waals surface area contributed by atoms with E-state index in [9.17, 15) is 0 Å². The van der Waals surface area contributed by atoms with Crippen LogP contribution in [0.5, 0.6) is 0 Å². The molecule has 1 unspecified atom stereocenters. The Morgan fingerprint density at radius 1 is 1.41 bits per heavy atom. The molecule has 90 valence electrons. The maximum Gasteiger partial charge on any atom is 0.130 e. The van der Waals surface area contributed by atoms with Gasteiger partial charge in [-0.15, -0.1) is 0 Å². The molecule has 1 aliphatic heterocycles. The molecule has 3 rings (SSSR count). The Hall–Kier alpha value is -1.39. The second-order valence-corrected chi connectivity index (χ2v) is 4.60. The summed E-state index contributed by atoms with van der Waals surface area (Å²) in [6.45, 7) is 1.64. The van der Waals surface area contributed by atoms with E-state index < -0.39 is 0 Å². The van der Waals surface area contributed by atoms with E-state index in [2.05, 4.69) is 26.8 Å². The molecule has 2 aromatic rings. The standard InChI is InChI=1S/C13H18N4/c14-8-10-4-3-5-11-9-16-13(17(10)11)12-6-1-2-7-15-12/h3-5,9,12,15H,1-2,6-8,14H2. The van der Waals surface area contributed by atoms with Crippen LogP contribution in [-0.2, 0) is 6.54 Å². The molecular formula is C13H18N4. The van der Waals surface area contributed by atoms with Crippen LogP contribution in [0.2, 0.25) is 0 Å². The average Bonchev–Trinajstić information content (AvgIpc) is 2.83. The highest BCUT2D eigenvalue weighted by Gasteiger charge is 2.19. The van der Waals surface area contributed by atoms with Crippen molar-refractivity contribution in [3.05, 3.63) is 35.9 Å². The zero-order valence-corrected chi connectivity index (χ0v) is 9.89. The molecule has 1 aliphatic rings. The van der Waals surface area contributed by atoms with E-state index in [0.29, 0.717) is 12.6 Å². The normalized spacial score (nSPS) is 20.9. The van der Waals surface area contributed by atoms with Gasteiger partial charge in [-0.05, 0) is 31.5 Å². The number of hydrogen-bond donors (Lipinski definition) is 2. The Labute approximate surface area is 101 Å². The van der Waals surface area contributed by atoms with E-state index in [4.69, 9.17) is 5.73 Å². The number of fused-ring (bicyclic) bond motifs is 1. The molecule has 0 aliphatic carbocycles. The van der Waals surface area contributed by atoms with Crippen molar-refractivity contribution in [3.8, 4) is 0 Å². The number of piperidine rings is 1. The van der Waals surface area contributed by atoms with Gasteiger partial charge in [0.2, 0.25) is 0 Å². The number of imidazole rings is 1. The molecule has 17 heavy (non-hydrogen) atoms. The van der Waals surface area contributed by atoms with Gasteiger partial charge >= 0.3 is 0 Å². The fourth-order valence-electron chi connectivity index (χ4n) is 2.62. The maximum absolute atomic E-state index is 5.80. The summed E-state index contributed by atoms with van der Waals surface area (Å²) in [7, 11) is 0. The van der Waals surface area contributed by atoms with Crippen molar-refractivity contribution in [2.45, 2.75) is 31.8 Å². The largest absolute Gasteiger partial charge is 0.325 e. The number of rotatable bonds is 2. The molecule has 0 bridgehead atoms. The monoisotopic (exact) mass is 230 g/mol. The van der Waals surface area contributed by atoms with Crippen LogP contribution in [0.4, 0.5) is 0 Å². The zero-order chi connectivity index (χ0) is 11.7. The van der Waals surface area contributed by atoms with Crippen molar-refractivity contribution < 1.29 is 0 Å². The lowest BCUT2D eigenvalue weighted by Crippen LogP contribution is -2.28. The summed E-state index contributed by atoms with van der Waals surface area (Å²) in [6, 6.07) is 6.57. The Morgan fingerprint density at radius 2 is 2.35 bits per heavy atom. The fraction of sp³-hybridized carbons (Fsp3) is 0.462. The summed E-state index contributed by atoms with van der Waals surface area (Å²) < 4.78 is 2.20. The second-order valence-electron chi connectivity index (χ2n) is 4.60. The molecule has 0 spiro atoms. The number of nitrogens with zero attached hydrogens (tertiary/aromatic N) is 2. The van der Waals surface area contributed by atoms with Gasteiger partial charge in [-0.3, -0.25) is 4.40 Å².